The van der Waals surface area contributed by atoms with Crippen LogP contribution < -0.4 is 3.71 Å². The van der Waals surface area contributed by atoms with Crippen LogP contribution in [-0.4, -0.2) is 40.1 Å². The maximum Gasteiger partial charge on any atom is 0.179 e. The highest BCUT2D eigenvalue weighted by Gasteiger charge is 2.12. The molecule has 1 aromatic heterocycles. The smallest absolute Gasteiger partial charge is 0.179 e. The predicted octanol–water partition coefficient (Wildman–Crippen LogP) is 5.11. The molecule has 0 aliphatic rings. The average molecular weight is 411 g/mol. The highest BCUT2D eigenvalue weighted by molar-refractivity contribution is 8.13. The third kappa shape index (κ3) is 10.1. The van der Waals surface area contributed by atoms with Crippen LogP contribution in [0, 0.1) is 0 Å². The molecule has 0 amide bonds. The first-order valence-electron chi connectivity index (χ1n) is 8.32. The van der Waals surface area contributed by atoms with Crippen molar-refractivity contribution in [2.75, 3.05) is 17.4 Å². The van der Waals surface area contributed by atoms with Gasteiger partial charge in [-0.3, -0.25) is 10.1 Å². The quantitative estimate of drug-likeness (QED) is 0.548. The van der Waals surface area contributed by atoms with E-state index in [2.05, 4.69) is 22.1 Å². The Morgan fingerprint density at radius 1 is 1.31 bits per heavy atom. The molecule has 150 valence electrons. The first-order valence-corrected chi connectivity index (χ1v) is 9.67. The maximum absolute atomic E-state index is 12.6. The Balaban J connectivity index is 0.000000758. The lowest BCUT2D eigenvalue weighted by molar-refractivity contribution is 0.0467. The van der Waals surface area contributed by atoms with E-state index in [1.165, 1.54) is 6.20 Å². The van der Waals surface area contributed by atoms with E-state index in [1.54, 1.807) is 25.4 Å². The lowest BCUT2D eigenvalue weighted by Gasteiger charge is -2.12. The number of rotatable bonds is 9. The summed E-state index contributed by atoms with van der Waals surface area (Å²) < 4.78 is 30.8. The van der Waals surface area contributed by atoms with E-state index in [4.69, 9.17) is 9.84 Å². The van der Waals surface area contributed by atoms with Gasteiger partial charge in [-0.25, -0.2) is 0 Å². The zero-order valence-electron chi connectivity index (χ0n) is 15.6. The molecule has 0 fully saturated rings. The molecule has 6 nitrogen and oxygen atoms in total. The SMILES string of the molecule is CCC(CO)OC.CCCC(C)c1cc(N(SF)SF)[nH]ncccn1. The lowest BCUT2D eigenvalue weighted by atomic mass is 10.0. The number of aromatic amines is 1. The molecule has 1 rings (SSSR count). The van der Waals surface area contributed by atoms with Crippen LogP contribution in [0.5, 0.6) is 0 Å². The van der Waals surface area contributed by atoms with Gasteiger partial charge < -0.3 is 9.84 Å². The van der Waals surface area contributed by atoms with Crippen molar-refractivity contribution in [2.24, 2.45) is 0 Å². The van der Waals surface area contributed by atoms with Gasteiger partial charge in [-0.15, -0.1) is 7.77 Å². The van der Waals surface area contributed by atoms with E-state index in [9.17, 15) is 7.77 Å². The van der Waals surface area contributed by atoms with E-state index in [0.717, 1.165) is 28.7 Å². The van der Waals surface area contributed by atoms with Gasteiger partial charge in [0.1, 0.15) is 5.82 Å². The summed E-state index contributed by atoms with van der Waals surface area (Å²) in [6, 6.07) is 3.25. The van der Waals surface area contributed by atoms with E-state index < -0.39 is 0 Å². The van der Waals surface area contributed by atoms with Gasteiger partial charge in [0.25, 0.3) is 0 Å². The van der Waals surface area contributed by atoms with Crippen molar-refractivity contribution in [3.8, 4) is 0 Å². The maximum atomic E-state index is 12.6. The second kappa shape index (κ2) is 16.1. The van der Waals surface area contributed by atoms with Crippen molar-refractivity contribution in [1.29, 1.82) is 0 Å². The molecule has 0 aliphatic heterocycles. The Kier molecular flexibility index (Phi) is 15.4. The molecule has 0 aliphatic carbocycles. The van der Waals surface area contributed by atoms with E-state index in [0.29, 0.717) is 0 Å². The van der Waals surface area contributed by atoms with Gasteiger partial charge in [-0.05, 0) is 24.8 Å². The minimum absolute atomic E-state index is 0.0417. The normalized spacial score (nSPS) is 12.4. The Bertz CT molecular complexity index is 511. The number of hydrogen-bond acceptors (Lipinski definition) is 7. The van der Waals surface area contributed by atoms with Crippen LogP contribution in [0.3, 0.4) is 0 Å². The van der Waals surface area contributed by atoms with Gasteiger partial charge in [0.15, 0.2) is 24.7 Å². The third-order valence-corrected chi connectivity index (χ3v) is 4.46. The van der Waals surface area contributed by atoms with Crippen molar-refractivity contribution in [2.45, 2.75) is 52.1 Å². The number of halogens is 2. The number of nitrogens with zero attached hydrogens (tertiary/aromatic N) is 3. The molecule has 26 heavy (non-hydrogen) atoms. The van der Waals surface area contributed by atoms with Crippen molar-refractivity contribution in [1.82, 2.24) is 15.2 Å². The minimum atomic E-state index is -0.232. The van der Waals surface area contributed by atoms with Gasteiger partial charge in [0.05, 0.1) is 12.7 Å². The number of aromatic nitrogens is 3. The molecule has 1 aromatic rings. The molecule has 0 saturated heterocycles. The zero-order chi connectivity index (χ0) is 19.8. The first-order chi connectivity index (χ1) is 12.6. The van der Waals surface area contributed by atoms with Gasteiger partial charge >= 0.3 is 0 Å². The Hall–Kier alpha value is -1.10. The van der Waals surface area contributed by atoms with Crippen molar-refractivity contribution in [3.05, 3.63) is 30.2 Å². The predicted molar refractivity (Wildman–Crippen MR) is 105 cm³/mol. The number of methoxy groups -OCH3 is 1. The summed E-state index contributed by atoms with van der Waals surface area (Å²) in [4.78, 5) is 4.30. The highest BCUT2D eigenvalue weighted by atomic mass is 32.3. The Labute approximate surface area is 163 Å². The van der Waals surface area contributed by atoms with Crippen LogP contribution in [0.2, 0.25) is 0 Å². The summed E-state index contributed by atoms with van der Waals surface area (Å²) >= 11 is -0.465. The summed E-state index contributed by atoms with van der Waals surface area (Å²) in [7, 11) is 1.60. The summed E-state index contributed by atoms with van der Waals surface area (Å²) in [5.41, 5.74) is 0.749. The topological polar surface area (TPSA) is 74.3 Å². The molecule has 0 bridgehead atoms. The number of anilines is 1. The van der Waals surface area contributed by atoms with Crippen LogP contribution in [0.15, 0.2) is 24.5 Å². The van der Waals surface area contributed by atoms with Gasteiger partial charge in [-0.1, -0.05) is 27.2 Å². The number of aliphatic hydroxyl groups is 1. The second-order valence-corrected chi connectivity index (χ2v) is 6.59. The minimum Gasteiger partial charge on any atom is -0.394 e. The van der Waals surface area contributed by atoms with Gasteiger partial charge in [0.2, 0.25) is 0 Å². The van der Waals surface area contributed by atoms with E-state index in [-0.39, 0.29) is 49.1 Å². The van der Waals surface area contributed by atoms with Crippen LogP contribution in [0.4, 0.5) is 13.6 Å². The summed E-state index contributed by atoms with van der Waals surface area (Å²) in [5.74, 6) is 0.391. The monoisotopic (exact) mass is 410 g/mol. The van der Waals surface area contributed by atoms with Crippen molar-refractivity contribution in [3.63, 3.8) is 0 Å². The zero-order valence-corrected chi connectivity index (χ0v) is 17.2. The van der Waals surface area contributed by atoms with Crippen LogP contribution >= 0.6 is 24.7 Å². The molecular weight excluding hydrogens is 382 g/mol. The number of ether oxygens (including phenoxy) is 1. The lowest BCUT2D eigenvalue weighted by Crippen LogP contribution is -2.13. The van der Waals surface area contributed by atoms with Crippen LogP contribution in [0.25, 0.3) is 0 Å². The molecule has 10 heteroatoms. The Morgan fingerprint density at radius 2 is 2.00 bits per heavy atom. The largest absolute Gasteiger partial charge is 0.394 e. The number of aliphatic hydroxyl groups excluding tert-OH is 1. The second-order valence-electron chi connectivity index (χ2n) is 5.35. The fourth-order valence-corrected chi connectivity index (χ4v) is 2.34. The Morgan fingerprint density at radius 3 is 2.46 bits per heavy atom. The van der Waals surface area contributed by atoms with Crippen molar-refractivity contribution < 1.29 is 17.6 Å². The molecule has 1 heterocycles. The standard InChI is InChI=1S/C11H16F2N4S2.C5H12O2/c1-3-5-9(2)10-8-11(17(18-12)19-13)16-15-7-4-6-14-10;1-3-5(4-6)7-2/h4,6-9,16H,3,5H2,1-2H3;5-6H,3-4H2,1-2H3. The first kappa shape index (κ1) is 24.9. The molecule has 2 atom stereocenters. The van der Waals surface area contributed by atoms with E-state index >= 15 is 0 Å². The molecule has 0 radical (unpaired) electrons. The van der Waals surface area contributed by atoms with Crippen LogP contribution in [0.1, 0.15) is 51.6 Å². The number of H-pyrrole nitrogens is 1. The van der Waals surface area contributed by atoms with Gasteiger partial charge in [-0.2, -0.15) is 8.81 Å². The molecule has 0 spiro atoms. The molecule has 0 saturated carbocycles. The average Bonchev–Trinajstić information content (AvgIpc) is 2.77. The molecule has 0 aromatic carbocycles. The molecular formula is C16H28F2N4O2S2. The third-order valence-electron chi connectivity index (χ3n) is 3.47. The van der Waals surface area contributed by atoms with Crippen LogP contribution in [-0.2, 0) is 4.74 Å². The highest BCUT2D eigenvalue weighted by Crippen LogP contribution is 2.30. The fourth-order valence-electron chi connectivity index (χ4n) is 1.92. The summed E-state index contributed by atoms with van der Waals surface area (Å²) in [6.07, 6.45) is 5.96. The fraction of sp³-hybridized carbons (Fsp3) is 0.625. The van der Waals surface area contributed by atoms with Crippen molar-refractivity contribution >= 4 is 30.5 Å². The summed E-state index contributed by atoms with van der Waals surface area (Å²) in [6.45, 7) is 6.21. The molecule has 2 unspecified atom stereocenters. The van der Waals surface area contributed by atoms with Gasteiger partial charge in [0, 0.05) is 31.3 Å². The number of nitrogens with one attached hydrogen (secondary N) is 1. The number of hydrogen-bond donors (Lipinski definition) is 2. The summed E-state index contributed by atoms with van der Waals surface area (Å²) in [5, 5.41) is 14.8. The van der Waals surface area contributed by atoms with E-state index in [1.807, 2.05) is 13.8 Å². The molecule has 2 N–H and O–H groups in total.